The number of carbonyl (C=O) groups excluding carboxylic acids is 1. The first-order valence-electron chi connectivity index (χ1n) is 8.31. The molecule has 0 aliphatic heterocycles. The molecule has 1 aromatic rings. The third-order valence-corrected chi connectivity index (χ3v) is 5.19. The fraction of sp³-hybridized carbons (Fsp3) is 0.611. The number of aryl methyl sites for hydroxylation is 1. The molecule has 122 valence electrons. The average Bonchev–Trinajstić information content (AvgIpc) is 2.47. The van der Waals surface area contributed by atoms with E-state index in [1.807, 2.05) is 18.2 Å². The number of hydrogen-bond donors (Lipinski definition) is 2. The molecule has 3 N–H and O–H groups in total. The van der Waals surface area contributed by atoms with E-state index in [9.17, 15) is 4.79 Å². The Balaban J connectivity index is 0.00000176. The highest BCUT2D eigenvalue weighted by Crippen LogP contribution is 2.39. The van der Waals surface area contributed by atoms with Crippen molar-refractivity contribution in [3.05, 3.63) is 35.9 Å². The SMILES string of the molecule is Cl.NC1CC2CCCC(C1)C2NC(=O)CCc1ccccc1. The van der Waals surface area contributed by atoms with Crippen molar-refractivity contribution in [1.82, 2.24) is 5.32 Å². The molecule has 0 heterocycles. The third kappa shape index (κ3) is 4.23. The summed E-state index contributed by atoms with van der Waals surface area (Å²) in [4.78, 5) is 12.3. The summed E-state index contributed by atoms with van der Waals surface area (Å²) in [6.45, 7) is 0. The zero-order valence-electron chi connectivity index (χ0n) is 13.0. The van der Waals surface area contributed by atoms with Crippen LogP contribution in [0.1, 0.15) is 44.1 Å². The molecule has 3 nitrogen and oxygen atoms in total. The molecule has 2 saturated carbocycles. The average molecular weight is 323 g/mol. The molecule has 2 unspecified atom stereocenters. The molecular weight excluding hydrogens is 296 g/mol. The van der Waals surface area contributed by atoms with Crippen molar-refractivity contribution < 1.29 is 4.79 Å². The number of nitrogens with two attached hydrogens (primary N) is 1. The zero-order valence-corrected chi connectivity index (χ0v) is 13.9. The van der Waals surface area contributed by atoms with E-state index in [2.05, 4.69) is 17.4 Å². The Labute approximate surface area is 139 Å². The van der Waals surface area contributed by atoms with Gasteiger partial charge in [0.2, 0.25) is 5.91 Å². The minimum Gasteiger partial charge on any atom is -0.353 e. The molecule has 22 heavy (non-hydrogen) atoms. The van der Waals surface area contributed by atoms with Crippen molar-refractivity contribution in [2.75, 3.05) is 0 Å². The van der Waals surface area contributed by atoms with Crippen LogP contribution in [0, 0.1) is 11.8 Å². The van der Waals surface area contributed by atoms with Crippen molar-refractivity contribution >= 4 is 18.3 Å². The summed E-state index contributed by atoms with van der Waals surface area (Å²) in [5.74, 6) is 1.41. The number of rotatable bonds is 4. The van der Waals surface area contributed by atoms with E-state index in [-0.39, 0.29) is 18.3 Å². The smallest absolute Gasteiger partial charge is 0.220 e. The monoisotopic (exact) mass is 322 g/mol. The van der Waals surface area contributed by atoms with E-state index >= 15 is 0 Å². The first-order chi connectivity index (χ1) is 10.2. The number of amides is 1. The molecule has 2 fully saturated rings. The van der Waals surface area contributed by atoms with E-state index in [0.29, 0.717) is 30.3 Å². The van der Waals surface area contributed by atoms with E-state index < -0.39 is 0 Å². The van der Waals surface area contributed by atoms with Gasteiger partial charge in [-0.15, -0.1) is 12.4 Å². The molecule has 1 amide bonds. The summed E-state index contributed by atoms with van der Waals surface area (Å²) in [7, 11) is 0. The normalized spacial score (nSPS) is 30.2. The topological polar surface area (TPSA) is 55.1 Å². The van der Waals surface area contributed by atoms with Crippen LogP contribution in [-0.2, 0) is 11.2 Å². The first-order valence-corrected chi connectivity index (χ1v) is 8.31. The summed E-state index contributed by atoms with van der Waals surface area (Å²) in [5, 5.41) is 3.32. The van der Waals surface area contributed by atoms with Gasteiger partial charge in [-0.2, -0.15) is 0 Å². The van der Waals surface area contributed by atoms with Gasteiger partial charge in [0.25, 0.3) is 0 Å². The van der Waals surface area contributed by atoms with E-state index in [4.69, 9.17) is 5.73 Å². The highest BCUT2D eigenvalue weighted by molar-refractivity contribution is 5.85. The maximum absolute atomic E-state index is 12.3. The number of benzene rings is 1. The van der Waals surface area contributed by atoms with Crippen molar-refractivity contribution in [1.29, 1.82) is 0 Å². The molecule has 3 rings (SSSR count). The Morgan fingerprint density at radius 3 is 2.41 bits per heavy atom. The van der Waals surface area contributed by atoms with Gasteiger partial charge in [0, 0.05) is 18.5 Å². The molecule has 2 bridgehead atoms. The van der Waals surface area contributed by atoms with Crippen LogP contribution < -0.4 is 11.1 Å². The molecular formula is C18H27ClN2O. The number of hydrogen-bond acceptors (Lipinski definition) is 2. The third-order valence-electron chi connectivity index (χ3n) is 5.19. The fourth-order valence-corrected chi connectivity index (χ4v) is 4.19. The lowest BCUT2D eigenvalue weighted by molar-refractivity contribution is -0.123. The molecule has 1 aromatic carbocycles. The van der Waals surface area contributed by atoms with Gasteiger partial charge in [-0.25, -0.2) is 0 Å². The van der Waals surface area contributed by atoms with Gasteiger partial charge in [-0.1, -0.05) is 36.8 Å². The van der Waals surface area contributed by atoms with E-state index in [0.717, 1.165) is 19.3 Å². The van der Waals surface area contributed by atoms with E-state index in [1.165, 1.54) is 24.8 Å². The maximum atomic E-state index is 12.3. The number of halogens is 1. The Bertz CT molecular complexity index is 465. The fourth-order valence-electron chi connectivity index (χ4n) is 4.19. The van der Waals surface area contributed by atoms with Crippen LogP contribution in [0.3, 0.4) is 0 Å². The van der Waals surface area contributed by atoms with Crippen molar-refractivity contribution in [2.45, 2.75) is 57.0 Å². The highest BCUT2D eigenvalue weighted by Gasteiger charge is 2.39. The molecule has 2 aliphatic rings. The summed E-state index contributed by atoms with van der Waals surface area (Å²) in [5.41, 5.74) is 7.37. The van der Waals surface area contributed by atoms with Gasteiger partial charge in [-0.3, -0.25) is 4.79 Å². The summed E-state index contributed by atoms with van der Waals surface area (Å²) in [6.07, 6.45) is 7.35. The quantitative estimate of drug-likeness (QED) is 0.895. The van der Waals surface area contributed by atoms with Crippen LogP contribution in [0.2, 0.25) is 0 Å². The van der Waals surface area contributed by atoms with Crippen LogP contribution >= 0.6 is 12.4 Å². The van der Waals surface area contributed by atoms with Crippen molar-refractivity contribution in [2.24, 2.45) is 17.6 Å². The van der Waals surface area contributed by atoms with Gasteiger partial charge >= 0.3 is 0 Å². The Kier molecular flexibility index (Phi) is 6.27. The summed E-state index contributed by atoms with van der Waals surface area (Å²) < 4.78 is 0. The van der Waals surface area contributed by atoms with Crippen molar-refractivity contribution in [3.8, 4) is 0 Å². The standard InChI is InChI=1S/C18H26N2O.ClH/c19-16-11-14-7-4-8-15(12-16)18(14)20-17(21)10-9-13-5-2-1-3-6-13;/h1-3,5-6,14-16,18H,4,7-12,19H2,(H,20,21);1H. The number of nitrogens with one attached hydrogen (secondary N) is 1. The maximum Gasteiger partial charge on any atom is 0.220 e. The van der Waals surface area contributed by atoms with Gasteiger partial charge in [0.1, 0.15) is 0 Å². The highest BCUT2D eigenvalue weighted by atomic mass is 35.5. The van der Waals surface area contributed by atoms with Crippen LogP contribution in [-0.4, -0.2) is 18.0 Å². The molecule has 0 saturated heterocycles. The molecule has 0 radical (unpaired) electrons. The van der Waals surface area contributed by atoms with Gasteiger partial charge in [-0.05, 0) is 49.5 Å². The minimum atomic E-state index is 0. The zero-order chi connectivity index (χ0) is 14.7. The minimum absolute atomic E-state index is 0. The van der Waals surface area contributed by atoms with Gasteiger partial charge in [0.15, 0.2) is 0 Å². The van der Waals surface area contributed by atoms with Crippen LogP contribution in [0.25, 0.3) is 0 Å². The summed E-state index contributed by atoms with van der Waals surface area (Å²) >= 11 is 0. The predicted octanol–water partition coefficient (Wildman–Crippen LogP) is 3.06. The largest absolute Gasteiger partial charge is 0.353 e. The number of fused-ring (bicyclic) bond motifs is 2. The predicted molar refractivity (Wildman–Crippen MR) is 92.0 cm³/mol. The lowest BCUT2D eigenvalue weighted by atomic mass is 9.67. The lowest BCUT2D eigenvalue weighted by Gasteiger charge is -2.45. The van der Waals surface area contributed by atoms with Crippen LogP contribution in [0.5, 0.6) is 0 Å². The van der Waals surface area contributed by atoms with E-state index in [1.54, 1.807) is 0 Å². The molecule has 2 atom stereocenters. The van der Waals surface area contributed by atoms with Gasteiger partial charge in [0.05, 0.1) is 0 Å². The second kappa shape index (κ2) is 7.98. The Hall–Kier alpha value is -1.06. The number of carbonyl (C=O) groups is 1. The molecule has 0 spiro atoms. The van der Waals surface area contributed by atoms with Gasteiger partial charge < -0.3 is 11.1 Å². The summed E-state index contributed by atoms with van der Waals surface area (Å²) in [6, 6.07) is 11.0. The molecule has 0 aromatic heterocycles. The second-order valence-electron chi connectivity index (χ2n) is 6.76. The Morgan fingerprint density at radius 1 is 1.14 bits per heavy atom. The molecule has 4 heteroatoms. The Morgan fingerprint density at radius 2 is 1.77 bits per heavy atom. The van der Waals surface area contributed by atoms with Crippen molar-refractivity contribution in [3.63, 3.8) is 0 Å². The van der Waals surface area contributed by atoms with Crippen LogP contribution in [0.4, 0.5) is 0 Å². The lowest BCUT2D eigenvalue weighted by Crippen LogP contribution is -2.53. The second-order valence-corrected chi connectivity index (χ2v) is 6.76. The first kappa shape index (κ1) is 17.3. The van der Waals surface area contributed by atoms with Crippen LogP contribution in [0.15, 0.2) is 30.3 Å². The molecule has 2 aliphatic carbocycles.